The number of nitrogens with one attached hydrogen (secondary N) is 1. The molecule has 1 aliphatic heterocycles. The zero-order valence-corrected chi connectivity index (χ0v) is 11.4. The van der Waals surface area contributed by atoms with Gasteiger partial charge in [-0.2, -0.15) is 0 Å². The van der Waals surface area contributed by atoms with E-state index in [4.69, 9.17) is 5.73 Å². The van der Waals surface area contributed by atoms with Crippen LogP contribution >= 0.6 is 0 Å². The number of aryl methyl sites for hydroxylation is 1. The molecule has 0 radical (unpaired) electrons. The molecule has 100 valence electrons. The predicted molar refractivity (Wildman–Crippen MR) is 73.3 cm³/mol. The summed E-state index contributed by atoms with van der Waals surface area (Å²) in [5, 5.41) is 2.19. The van der Waals surface area contributed by atoms with Gasteiger partial charge in [-0.05, 0) is 14.0 Å². The van der Waals surface area contributed by atoms with E-state index in [2.05, 4.69) is 32.4 Å². The van der Waals surface area contributed by atoms with Gasteiger partial charge in [0.25, 0.3) is 0 Å². The lowest BCUT2D eigenvalue weighted by molar-refractivity contribution is 0.178. The summed E-state index contributed by atoms with van der Waals surface area (Å²) < 4.78 is 0. The molecule has 2 heterocycles. The Hall–Kier alpha value is -1.40. The molecule has 2 rings (SSSR count). The van der Waals surface area contributed by atoms with Gasteiger partial charge in [0.15, 0.2) is 0 Å². The van der Waals surface area contributed by atoms with Crippen LogP contribution < -0.4 is 11.2 Å². The maximum Gasteiger partial charge on any atom is 0.149 e. The summed E-state index contributed by atoms with van der Waals surface area (Å²) in [6, 6.07) is 0. The van der Waals surface area contributed by atoms with Gasteiger partial charge in [-0.15, -0.1) is 0 Å². The highest BCUT2D eigenvalue weighted by Crippen LogP contribution is 2.18. The Kier molecular flexibility index (Phi) is 3.98. The van der Waals surface area contributed by atoms with Crippen molar-refractivity contribution >= 4 is 11.6 Å². The number of hydrogen-bond acceptors (Lipinski definition) is 6. The van der Waals surface area contributed by atoms with Crippen molar-refractivity contribution in [3.05, 3.63) is 11.4 Å². The highest BCUT2D eigenvalue weighted by molar-refractivity contribution is 5.54. The highest BCUT2D eigenvalue weighted by atomic mass is 15.5. The van der Waals surface area contributed by atoms with Gasteiger partial charge in [-0.1, -0.05) is 6.92 Å². The lowest BCUT2D eigenvalue weighted by atomic mass is 10.3. The van der Waals surface area contributed by atoms with Gasteiger partial charge in [-0.25, -0.2) is 15.0 Å². The number of hydrazine groups is 1. The van der Waals surface area contributed by atoms with Crippen molar-refractivity contribution in [1.82, 2.24) is 19.9 Å². The summed E-state index contributed by atoms with van der Waals surface area (Å²) in [4.78, 5) is 11.1. The number of hydrogen-bond donors (Lipinski definition) is 2. The van der Waals surface area contributed by atoms with Crippen LogP contribution in [0.15, 0.2) is 0 Å². The van der Waals surface area contributed by atoms with Crippen LogP contribution in [0.25, 0.3) is 0 Å². The first-order valence-electron chi connectivity index (χ1n) is 6.43. The summed E-state index contributed by atoms with van der Waals surface area (Å²) in [7, 11) is 2.14. The van der Waals surface area contributed by atoms with Crippen LogP contribution in [0.4, 0.5) is 11.6 Å². The zero-order valence-electron chi connectivity index (χ0n) is 11.4. The van der Waals surface area contributed by atoms with E-state index in [1.165, 1.54) is 0 Å². The van der Waals surface area contributed by atoms with E-state index in [1.807, 2.05) is 13.8 Å². The number of anilines is 2. The predicted octanol–water partition coefficient (Wildman–Crippen LogP) is 0.504. The summed E-state index contributed by atoms with van der Waals surface area (Å²) in [6.07, 6.45) is 0.794. The van der Waals surface area contributed by atoms with E-state index < -0.39 is 0 Å². The molecular weight excluding hydrogens is 228 g/mol. The van der Waals surface area contributed by atoms with Crippen LogP contribution in [0, 0.1) is 6.92 Å². The second-order valence-electron chi connectivity index (χ2n) is 4.75. The van der Waals surface area contributed by atoms with E-state index in [-0.39, 0.29) is 0 Å². The monoisotopic (exact) mass is 250 g/mol. The quantitative estimate of drug-likeness (QED) is 0.814. The number of rotatable bonds is 3. The minimum Gasteiger partial charge on any atom is -0.383 e. The Morgan fingerprint density at radius 1 is 1.22 bits per heavy atom. The van der Waals surface area contributed by atoms with Crippen molar-refractivity contribution in [3.63, 3.8) is 0 Å². The standard InChI is InChI=1S/C12H22N6/c1-4-10-14-11(13)9(2)12(15-10)16-18-7-5-17(3)6-8-18/h4-8H2,1-3H3,(H3,13,14,15,16). The molecule has 0 unspecified atom stereocenters. The summed E-state index contributed by atoms with van der Waals surface area (Å²) in [5.41, 5.74) is 10.2. The molecule has 0 aromatic carbocycles. The minimum atomic E-state index is 0.568. The molecule has 1 aromatic heterocycles. The van der Waals surface area contributed by atoms with Crippen molar-refractivity contribution in [3.8, 4) is 0 Å². The molecule has 0 saturated carbocycles. The first-order chi connectivity index (χ1) is 8.60. The lowest BCUT2D eigenvalue weighted by Crippen LogP contribution is -2.47. The molecule has 1 aliphatic rings. The van der Waals surface area contributed by atoms with Gasteiger partial charge in [0, 0.05) is 38.2 Å². The third kappa shape index (κ3) is 2.88. The normalized spacial score (nSPS) is 17.9. The lowest BCUT2D eigenvalue weighted by Gasteiger charge is -2.33. The molecule has 18 heavy (non-hydrogen) atoms. The van der Waals surface area contributed by atoms with E-state index >= 15 is 0 Å². The number of nitrogen functional groups attached to an aromatic ring is 1. The number of nitrogens with zero attached hydrogens (tertiary/aromatic N) is 4. The Bertz CT molecular complexity index is 411. The van der Waals surface area contributed by atoms with Crippen LogP contribution in [0.2, 0.25) is 0 Å². The third-order valence-corrected chi connectivity index (χ3v) is 3.31. The fraction of sp³-hybridized carbons (Fsp3) is 0.667. The molecule has 1 aromatic rings. The molecule has 3 N–H and O–H groups in total. The zero-order chi connectivity index (χ0) is 13.1. The Morgan fingerprint density at radius 2 is 1.89 bits per heavy atom. The maximum absolute atomic E-state index is 5.91. The fourth-order valence-corrected chi connectivity index (χ4v) is 1.92. The largest absolute Gasteiger partial charge is 0.383 e. The van der Waals surface area contributed by atoms with Crippen LogP contribution in [0.1, 0.15) is 18.3 Å². The molecule has 0 aliphatic carbocycles. The fourth-order valence-electron chi connectivity index (χ4n) is 1.92. The highest BCUT2D eigenvalue weighted by Gasteiger charge is 2.16. The molecule has 0 bridgehead atoms. The Morgan fingerprint density at radius 3 is 2.50 bits per heavy atom. The van der Waals surface area contributed by atoms with Crippen molar-refractivity contribution < 1.29 is 0 Å². The Balaban J connectivity index is 2.10. The molecule has 0 spiro atoms. The van der Waals surface area contributed by atoms with Crippen molar-refractivity contribution in [2.45, 2.75) is 20.3 Å². The van der Waals surface area contributed by atoms with Gasteiger partial charge >= 0.3 is 0 Å². The first kappa shape index (κ1) is 13.0. The summed E-state index contributed by atoms with van der Waals surface area (Å²) in [5.74, 6) is 2.19. The smallest absolute Gasteiger partial charge is 0.149 e. The van der Waals surface area contributed by atoms with Crippen LogP contribution in [0.3, 0.4) is 0 Å². The Labute approximate surface area is 108 Å². The van der Waals surface area contributed by atoms with Crippen LogP contribution in [-0.2, 0) is 6.42 Å². The van der Waals surface area contributed by atoms with E-state index in [1.54, 1.807) is 0 Å². The van der Waals surface area contributed by atoms with Gasteiger partial charge < -0.3 is 16.1 Å². The van der Waals surface area contributed by atoms with E-state index in [9.17, 15) is 0 Å². The molecule has 1 fully saturated rings. The number of likely N-dealkylation sites (N-methyl/N-ethyl adjacent to an activating group) is 1. The average molecular weight is 250 g/mol. The molecule has 6 heteroatoms. The van der Waals surface area contributed by atoms with Crippen molar-refractivity contribution in [2.75, 3.05) is 44.4 Å². The molecular formula is C12H22N6. The first-order valence-corrected chi connectivity index (χ1v) is 6.43. The van der Waals surface area contributed by atoms with Gasteiger partial charge in [0.05, 0.1) is 0 Å². The van der Waals surface area contributed by atoms with Crippen molar-refractivity contribution in [1.29, 1.82) is 0 Å². The van der Waals surface area contributed by atoms with E-state index in [0.29, 0.717) is 5.82 Å². The van der Waals surface area contributed by atoms with Gasteiger partial charge in [0.1, 0.15) is 17.5 Å². The maximum atomic E-state index is 5.91. The minimum absolute atomic E-state index is 0.568. The molecule has 0 atom stereocenters. The van der Waals surface area contributed by atoms with E-state index in [0.717, 1.165) is 49.8 Å². The van der Waals surface area contributed by atoms with Gasteiger partial charge in [-0.3, -0.25) is 0 Å². The van der Waals surface area contributed by atoms with Crippen molar-refractivity contribution in [2.24, 2.45) is 0 Å². The SMILES string of the molecule is CCc1nc(N)c(C)c(NN2CCN(C)CC2)n1. The number of aromatic nitrogens is 2. The summed E-state index contributed by atoms with van der Waals surface area (Å²) >= 11 is 0. The second kappa shape index (κ2) is 5.49. The molecule has 0 amide bonds. The third-order valence-electron chi connectivity index (χ3n) is 3.31. The molecule has 6 nitrogen and oxygen atoms in total. The number of piperazine rings is 1. The van der Waals surface area contributed by atoms with Gasteiger partial charge in [0.2, 0.25) is 0 Å². The average Bonchev–Trinajstić information content (AvgIpc) is 2.37. The number of nitrogens with two attached hydrogens (primary N) is 1. The topological polar surface area (TPSA) is 70.3 Å². The van der Waals surface area contributed by atoms with Crippen LogP contribution in [0.5, 0.6) is 0 Å². The molecule has 1 saturated heterocycles. The van der Waals surface area contributed by atoms with Crippen LogP contribution in [-0.4, -0.2) is 53.1 Å². The second-order valence-corrected chi connectivity index (χ2v) is 4.75. The summed E-state index contributed by atoms with van der Waals surface area (Å²) in [6.45, 7) is 8.08.